The van der Waals surface area contributed by atoms with Crippen molar-refractivity contribution in [2.45, 2.75) is 0 Å². The van der Waals surface area contributed by atoms with E-state index in [9.17, 15) is 4.79 Å². The Bertz CT molecular complexity index is 1420. The van der Waals surface area contributed by atoms with Crippen molar-refractivity contribution in [3.05, 3.63) is 126 Å². The molecule has 1 aromatic heterocycles. The Kier molecular flexibility index (Phi) is 5.15. The second kappa shape index (κ2) is 8.11. The van der Waals surface area contributed by atoms with Gasteiger partial charge in [0.05, 0.1) is 11.5 Å². The third-order valence-electron chi connectivity index (χ3n) is 5.53. The molecule has 5 rings (SSSR count). The zero-order valence-electron chi connectivity index (χ0n) is 16.7. The summed E-state index contributed by atoms with van der Waals surface area (Å²) < 4.78 is 0. The first kappa shape index (κ1) is 19.7. The molecule has 0 amide bonds. The number of H-pyrrole nitrogens is 1. The lowest BCUT2D eigenvalue weighted by atomic mass is 10.0. The van der Waals surface area contributed by atoms with Crippen molar-refractivity contribution >= 4 is 44.7 Å². The fraction of sp³-hybridized carbons (Fsp3) is 0. The van der Waals surface area contributed by atoms with Crippen LogP contribution in [0.2, 0.25) is 0 Å². The molecule has 4 aromatic carbocycles. The highest BCUT2D eigenvalue weighted by atomic mass is 32.4. The Hall–Kier alpha value is -3.26. The van der Waals surface area contributed by atoms with Gasteiger partial charge in [-0.3, -0.25) is 4.79 Å². The van der Waals surface area contributed by atoms with Crippen LogP contribution in [0.1, 0.15) is 0 Å². The first-order valence-electron chi connectivity index (χ1n) is 10.1. The van der Waals surface area contributed by atoms with Crippen molar-refractivity contribution in [3.8, 4) is 11.1 Å². The van der Waals surface area contributed by atoms with Gasteiger partial charge in [0, 0.05) is 10.9 Å². The molecule has 0 aliphatic heterocycles. The minimum absolute atomic E-state index is 0.105. The Labute approximate surface area is 186 Å². The molecule has 1 N–H and O–H groups in total. The molecule has 0 aliphatic carbocycles. The smallest absolute Gasteiger partial charge is 0.256 e. The summed E-state index contributed by atoms with van der Waals surface area (Å²) in [6, 6.07) is 35.8. The van der Waals surface area contributed by atoms with Gasteiger partial charge in [0.15, 0.2) is 0 Å². The van der Waals surface area contributed by atoms with Crippen molar-refractivity contribution < 1.29 is 0 Å². The van der Waals surface area contributed by atoms with Gasteiger partial charge in [-0.15, -0.1) is 0 Å². The maximum Gasteiger partial charge on any atom is 0.256 e. The van der Waals surface area contributed by atoms with Crippen LogP contribution in [-0.4, -0.2) is 4.98 Å². The maximum atomic E-state index is 13.2. The lowest BCUT2D eigenvalue weighted by Crippen LogP contribution is -2.32. The normalized spacial score (nSPS) is 11.5. The van der Waals surface area contributed by atoms with Crippen LogP contribution in [-0.2, 0) is 11.8 Å². The van der Waals surface area contributed by atoms with Crippen molar-refractivity contribution in [2.24, 2.45) is 0 Å². The highest BCUT2D eigenvalue weighted by molar-refractivity contribution is 8.25. The molecule has 5 aromatic rings. The number of aromatic nitrogens is 1. The molecule has 1 heterocycles. The van der Waals surface area contributed by atoms with Crippen LogP contribution in [0.3, 0.4) is 0 Å². The van der Waals surface area contributed by atoms with Gasteiger partial charge in [0.2, 0.25) is 0 Å². The van der Waals surface area contributed by atoms with Crippen LogP contribution < -0.4 is 21.6 Å². The van der Waals surface area contributed by atoms with Crippen LogP contribution in [0.15, 0.2) is 120 Å². The van der Waals surface area contributed by atoms with Gasteiger partial charge < -0.3 is 4.98 Å². The van der Waals surface area contributed by atoms with E-state index >= 15 is 0 Å². The summed E-state index contributed by atoms with van der Waals surface area (Å²) in [5, 5.41) is 3.71. The van der Waals surface area contributed by atoms with Crippen LogP contribution in [0.5, 0.6) is 0 Å². The molecular weight excluding hydrogens is 417 g/mol. The minimum Gasteiger partial charge on any atom is -0.320 e. The van der Waals surface area contributed by atoms with Crippen molar-refractivity contribution in [1.29, 1.82) is 0 Å². The van der Waals surface area contributed by atoms with Gasteiger partial charge >= 0.3 is 0 Å². The lowest BCUT2D eigenvalue weighted by Gasteiger charge is -2.27. The number of benzene rings is 4. The summed E-state index contributed by atoms with van der Waals surface area (Å²) in [4.78, 5) is 16.5. The first-order chi connectivity index (χ1) is 15.2. The van der Waals surface area contributed by atoms with Crippen LogP contribution in [0.4, 0.5) is 0 Å². The van der Waals surface area contributed by atoms with E-state index in [0.29, 0.717) is 5.39 Å². The monoisotopic (exact) mass is 437 g/mol. The fourth-order valence-corrected chi connectivity index (χ4v) is 8.04. The predicted octanol–water partition coefficient (Wildman–Crippen LogP) is 4.95. The third-order valence-corrected chi connectivity index (χ3v) is 10.4. The highest BCUT2D eigenvalue weighted by Gasteiger charge is 2.30. The molecular formula is C27H20NOPS. The summed E-state index contributed by atoms with van der Waals surface area (Å²) >= 11 is 6.55. The van der Waals surface area contributed by atoms with E-state index in [-0.39, 0.29) is 5.56 Å². The quantitative estimate of drug-likeness (QED) is 0.404. The number of nitrogens with one attached hydrogen (secondary N) is 1. The van der Waals surface area contributed by atoms with E-state index in [1.165, 1.54) is 0 Å². The van der Waals surface area contributed by atoms with Crippen LogP contribution in [0.25, 0.3) is 21.9 Å². The molecule has 0 fully saturated rings. The average Bonchev–Trinajstić information content (AvgIpc) is 2.85. The second-order valence-electron chi connectivity index (χ2n) is 7.37. The maximum absolute atomic E-state index is 13.2. The molecule has 0 bridgehead atoms. The molecule has 0 saturated heterocycles. The zero-order chi connectivity index (χ0) is 21.3. The summed E-state index contributed by atoms with van der Waals surface area (Å²) in [5.41, 5.74) is 2.78. The average molecular weight is 438 g/mol. The van der Waals surface area contributed by atoms with Crippen molar-refractivity contribution in [1.82, 2.24) is 4.98 Å². The van der Waals surface area contributed by atoms with E-state index in [2.05, 4.69) is 41.4 Å². The number of pyridine rings is 1. The molecule has 0 unspecified atom stereocenters. The third kappa shape index (κ3) is 3.37. The summed E-state index contributed by atoms with van der Waals surface area (Å²) in [6.07, 6.45) is 0. The van der Waals surface area contributed by atoms with Gasteiger partial charge in [0.1, 0.15) is 0 Å². The molecule has 2 nitrogen and oxygen atoms in total. The van der Waals surface area contributed by atoms with E-state index in [1.54, 1.807) is 0 Å². The standard InChI is InChI=1S/C27H20NOPS/c29-26-24-19-11-10-18-23(24)25(20-12-4-1-5-13-20)27(28-26)30(31,21-14-6-2-7-15-21)22-16-8-3-9-17-22/h1-19H,(H,28,29). The van der Waals surface area contributed by atoms with Crippen molar-refractivity contribution in [2.75, 3.05) is 0 Å². The molecule has 4 heteroatoms. The molecule has 150 valence electrons. The first-order valence-corrected chi connectivity index (χ1v) is 12.9. The van der Waals surface area contributed by atoms with E-state index < -0.39 is 6.04 Å². The molecule has 0 spiro atoms. The summed E-state index contributed by atoms with van der Waals surface area (Å²) in [6.45, 7) is 0. The Morgan fingerprint density at radius 1 is 0.581 bits per heavy atom. The Balaban J connectivity index is 1.97. The van der Waals surface area contributed by atoms with Crippen LogP contribution in [0, 0.1) is 0 Å². The predicted molar refractivity (Wildman–Crippen MR) is 136 cm³/mol. The van der Waals surface area contributed by atoms with E-state index in [1.807, 2.05) is 78.9 Å². The summed E-state index contributed by atoms with van der Waals surface area (Å²) in [7, 11) is 0. The van der Waals surface area contributed by atoms with E-state index in [4.69, 9.17) is 11.8 Å². The molecule has 0 atom stereocenters. The molecule has 0 radical (unpaired) electrons. The van der Waals surface area contributed by atoms with Gasteiger partial charge in [-0.25, -0.2) is 0 Å². The Morgan fingerprint density at radius 2 is 1.03 bits per heavy atom. The van der Waals surface area contributed by atoms with E-state index in [0.717, 1.165) is 32.6 Å². The number of fused-ring (bicyclic) bond motifs is 1. The number of rotatable bonds is 4. The molecule has 0 saturated carbocycles. The highest BCUT2D eigenvalue weighted by Crippen LogP contribution is 2.45. The topological polar surface area (TPSA) is 32.9 Å². The molecule has 0 aliphatic rings. The number of aromatic amines is 1. The van der Waals surface area contributed by atoms with Gasteiger partial charge in [0.25, 0.3) is 5.56 Å². The Morgan fingerprint density at radius 3 is 1.58 bits per heavy atom. The lowest BCUT2D eigenvalue weighted by molar-refractivity contribution is 1.33. The second-order valence-corrected chi connectivity index (χ2v) is 11.7. The number of hydrogen-bond acceptors (Lipinski definition) is 2. The van der Waals surface area contributed by atoms with Crippen LogP contribution >= 0.6 is 6.04 Å². The van der Waals surface area contributed by atoms with Gasteiger partial charge in [-0.2, -0.15) is 0 Å². The number of hydrogen-bond donors (Lipinski definition) is 1. The van der Waals surface area contributed by atoms with Crippen molar-refractivity contribution in [3.63, 3.8) is 0 Å². The SMILES string of the molecule is O=c1[nH]c(P(=S)(c2ccccc2)c2ccccc2)c(-c2ccccc2)c2ccccc12. The molecule has 31 heavy (non-hydrogen) atoms. The van der Waals surface area contributed by atoms with Gasteiger partial charge in [-0.05, 0) is 27.6 Å². The fourth-order valence-electron chi connectivity index (χ4n) is 4.08. The van der Waals surface area contributed by atoms with Gasteiger partial charge in [-0.1, -0.05) is 121 Å². The minimum atomic E-state index is -2.53. The summed E-state index contributed by atoms with van der Waals surface area (Å²) in [5.74, 6) is 0. The zero-order valence-corrected chi connectivity index (χ0v) is 18.4. The largest absolute Gasteiger partial charge is 0.320 e.